The second kappa shape index (κ2) is 8.88. The summed E-state index contributed by atoms with van der Waals surface area (Å²) in [6, 6.07) is 27.4. The van der Waals surface area contributed by atoms with Gasteiger partial charge < -0.3 is 4.90 Å². The zero-order chi connectivity index (χ0) is 20.9. The van der Waals surface area contributed by atoms with Gasteiger partial charge in [0.15, 0.2) is 5.17 Å². The smallest absolute Gasteiger partial charge is 0.271 e. The Balaban J connectivity index is 1.65. The summed E-state index contributed by atoms with van der Waals surface area (Å²) in [5, 5.41) is 5.11. The van der Waals surface area contributed by atoms with E-state index in [2.05, 4.69) is 10.5 Å². The summed E-state index contributed by atoms with van der Waals surface area (Å²) < 4.78 is 0. The molecule has 1 aliphatic heterocycles. The summed E-state index contributed by atoms with van der Waals surface area (Å²) in [4.78, 5) is 17.5. The highest BCUT2D eigenvalue weighted by Gasteiger charge is 2.34. The van der Waals surface area contributed by atoms with E-state index in [4.69, 9.17) is 0 Å². The van der Waals surface area contributed by atoms with Gasteiger partial charge in [0.05, 0.1) is 16.3 Å². The van der Waals surface area contributed by atoms with Gasteiger partial charge in [-0.2, -0.15) is 0 Å². The lowest BCUT2D eigenvalue weighted by molar-refractivity contribution is -0.113. The first-order valence-electron chi connectivity index (χ1n) is 9.57. The Morgan fingerprint density at radius 2 is 1.53 bits per heavy atom. The van der Waals surface area contributed by atoms with Crippen LogP contribution in [0.25, 0.3) is 6.08 Å². The standard InChI is InChI=1S/C24H22N4OS/c1-27(2)20-15-13-18(14-16-20)17-22-23(29)28(21-11-7-4-8-12-21)24(30-22)26-25-19-9-5-3-6-10-19/h3-17,25H,1-2H3/b22-17-,26-24+. The van der Waals surface area contributed by atoms with Crippen molar-refractivity contribution in [3.05, 3.63) is 95.4 Å². The molecule has 0 saturated carbocycles. The highest BCUT2D eigenvalue weighted by molar-refractivity contribution is 8.19. The number of amides is 1. The third kappa shape index (κ3) is 4.39. The van der Waals surface area contributed by atoms with Gasteiger partial charge in [0.25, 0.3) is 5.91 Å². The van der Waals surface area contributed by atoms with Gasteiger partial charge in [0, 0.05) is 19.8 Å². The Labute approximate surface area is 180 Å². The number of hydrogen-bond acceptors (Lipinski definition) is 5. The third-order valence-electron chi connectivity index (χ3n) is 4.58. The largest absolute Gasteiger partial charge is 0.378 e. The first-order chi connectivity index (χ1) is 14.6. The van der Waals surface area contributed by atoms with Crippen molar-refractivity contribution in [2.24, 2.45) is 5.10 Å². The lowest BCUT2D eigenvalue weighted by Crippen LogP contribution is -2.29. The Morgan fingerprint density at radius 3 is 2.17 bits per heavy atom. The van der Waals surface area contributed by atoms with Crippen LogP contribution in [-0.2, 0) is 4.79 Å². The summed E-state index contributed by atoms with van der Waals surface area (Å²) in [6.07, 6.45) is 1.91. The Morgan fingerprint density at radius 1 is 0.900 bits per heavy atom. The summed E-state index contributed by atoms with van der Waals surface area (Å²) in [5.74, 6) is -0.0866. The van der Waals surface area contributed by atoms with Crippen LogP contribution in [0.15, 0.2) is 94.9 Å². The number of thioether (sulfide) groups is 1. The molecule has 4 rings (SSSR count). The molecule has 3 aromatic rings. The first kappa shape index (κ1) is 19.8. The molecule has 150 valence electrons. The molecule has 0 radical (unpaired) electrons. The molecular formula is C24H22N4OS. The van der Waals surface area contributed by atoms with Crippen molar-refractivity contribution in [3.8, 4) is 0 Å². The molecule has 1 amide bonds. The zero-order valence-electron chi connectivity index (χ0n) is 16.8. The minimum atomic E-state index is -0.0866. The van der Waals surface area contributed by atoms with Gasteiger partial charge in [-0.25, -0.2) is 0 Å². The van der Waals surface area contributed by atoms with E-state index in [9.17, 15) is 4.79 Å². The Hall–Kier alpha value is -3.51. The Bertz CT molecular complexity index is 1080. The van der Waals surface area contributed by atoms with Crippen molar-refractivity contribution < 1.29 is 4.79 Å². The molecule has 1 fully saturated rings. The molecule has 0 aliphatic carbocycles. The van der Waals surface area contributed by atoms with Gasteiger partial charge in [-0.05, 0) is 59.8 Å². The zero-order valence-corrected chi connectivity index (χ0v) is 17.6. The van der Waals surface area contributed by atoms with E-state index in [-0.39, 0.29) is 5.91 Å². The number of para-hydroxylation sites is 2. The lowest BCUT2D eigenvalue weighted by Gasteiger charge is -2.15. The molecule has 1 heterocycles. The van der Waals surface area contributed by atoms with Crippen LogP contribution in [0, 0.1) is 0 Å². The van der Waals surface area contributed by atoms with Crippen LogP contribution in [0.5, 0.6) is 0 Å². The summed E-state index contributed by atoms with van der Waals surface area (Å²) in [6.45, 7) is 0. The number of rotatable bonds is 5. The summed E-state index contributed by atoms with van der Waals surface area (Å²) in [7, 11) is 4.01. The molecular weight excluding hydrogens is 392 g/mol. The Kier molecular flexibility index (Phi) is 5.86. The molecule has 6 heteroatoms. The number of anilines is 3. The fourth-order valence-corrected chi connectivity index (χ4v) is 3.94. The van der Waals surface area contributed by atoms with Crippen LogP contribution in [-0.4, -0.2) is 25.2 Å². The first-order valence-corrected chi connectivity index (χ1v) is 10.4. The average Bonchev–Trinajstić information content (AvgIpc) is 3.09. The molecule has 0 spiro atoms. The fraction of sp³-hybridized carbons (Fsp3) is 0.0833. The van der Waals surface area contributed by atoms with Crippen LogP contribution in [0.1, 0.15) is 5.56 Å². The maximum atomic E-state index is 13.2. The van der Waals surface area contributed by atoms with E-state index >= 15 is 0 Å². The number of hydrogen-bond donors (Lipinski definition) is 1. The van der Waals surface area contributed by atoms with Crippen molar-refractivity contribution in [1.29, 1.82) is 0 Å². The average molecular weight is 415 g/mol. The molecule has 0 bridgehead atoms. The highest BCUT2D eigenvalue weighted by atomic mass is 32.2. The van der Waals surface area contributed by atoms with E-state index in [1.165, 1.54) is 11.8 Å². The lowest BCUT2D eigenvalue weighted by atomic mass is 10.2. The van der Waals surface area contributed by atoms with Gasteiger partial charge in [0.1, 0.15) is 0 Å². The minimum absolute atomic E-state index is 0.0866. The van der Waals surface area contributed by atoms with E-state index in [0.29, 0.717) is 10.1 Å². The van der Waals surface area contributed by atoms with Gasteiger partial charge in [-0.3, -0.25) is 15.1 Å². The number of hydrazone groups is 1. The maximum absolute atomic E-state index is 13.2. The quantitative estimate of drug-likeness (QED) is 0.457. The second-order valence-corrected chi connectivity index (χ2v) is 7.95. The molecule has 1 saturated heterocycles. The summed E-state index contributed by atoms with van der Waals surface area (Å²) in [5.41, 5.74) is 6.79. The molecule has 1 aliphatic rings. The van der Waals surface area contributed by atoms with Gasteiger partial charge in [0.2, 0.25) is 0 Å². The molecule has 3 aromatic carbocycles. The van der Waals surface area contributed by atoms with Crippen LogP contribution in [0.3, 0.4) is 0 Å². The van der Waals surface area contributed by atoms with Gasteiger partial charge in [-0.1, -0.05) is 48.5 Å². The van der Waals surface area contributed by atoms with Crippen molar-refractivity contribution in [3.63, 3.8) is 0 Å². The molecule has 30 heavy (non-hydrogen) atoms. The van der Waals surface area contributed by atoms with Crippen molar-refractivity contribution in [2.45, 2.75) is 0 Å². The number of carbonyl (C=O) groups excluding carboxylic acids is 1. The minimum Gasteiger partial charge on any atom is -0.378 e. The number of nitrogens with zero attached hydrogens (tertiary/aromatic N) is 3. The molecule has 0 atom stereocenters. The van der Waals surface area contributed by atoms with E-state index < -0.39 is 0 Å². The van der Waals surface area contributed by atoms with Crippen molar-refractivity contribution >= 4 is 46.0 Å². The number of nitrogens with one attached hydrogen (secondary N) is 1. The molecule has 0 aromatic heterocycles. The van der Waals surface area contributed by atoms with Crippen LogP contribution in [0.2, 0.25) is 0 Å². The monoisotopic (exact) mass is 414 g/mol. The van der Waals surface area contributed by atoms with E-state index in [0.717, 1.165) is 22.6 Å². The van der Waals surface area contributed by atoms with E-state index in [1.54, 1.807) is 4.90 Å². The fourth-order valence-electron chi connectivity index (χ4n) is 3.00. The second-order valence-electron chi connectivity index (χ2n) is 6.94. The number of benzene rings is 3. The molecule has 5 nitrogen and oxygen atoms in total. The predicted molar refractivity (Wildman–Crippen MR) is 128 cm³/mol. The number of carbonyl (C=O) groups is 1. The van der Waals surface area contributed by atoms with Crippen LogP contribution < -0.4 is 15.2 Å². The van der Waals surface area contributed by atoms with E-state index in [1.807, 2.05) is 110 Å². The molecule has 1 N–H and O–H groups in total. The van der Waals surface area contributed by atoms with Gasteiger partial charge in [-0.15, -0.1) is 5.10 Å². The normalized spacial score (nSPS) is 16.3. The topological polar surface area (TPSA) is 47.9 Å². The van der Waals surface area contributed by atoms with Crippen molar-refractivity contribution in [2.75, 3.05) is 29.3 Å². The predicted octanol–water partition coefficient (Wildman–Crippen LogP) is 5.26. The SMILES string of the molecule is CN(C)c1ccc(/C=C2\S/C(=N/Nc3ccccc3)N(c3ccccc3)C2=O)cc1. The van der Waals surface area contributed by atoms with Crippen LogP contribution >= 0.6 is 11.8 Å². The summed E-state index contributed by atoms with van der Waals surface area (Å²) >= 11 is 1.36. The number of amidine groups is 1. The third-order valence-corrected chi connectivity index (χ3v) is 5.55. The van der Waals surface area contributed by atoms with Crippen LogP contribution in [0.4, 0.5) is 17.1 Å². The van der Waals surface area contributed by atoms with Crippen molar-refractivity contribution in [1.82, 2.24) is 0 Å². The molecule has 0 unspecified atom stereocenters. The van der Waals surface area contributed by atoms with Gasteiger partial charge >= 0.3 is 0 Å². The maximum Gasteiger partial charge on any atom is 0.271 e. The highest BCUT2D eigenvalue weighted by Crippen LogP contribution is 2.36.